The van der Waals surface area contributed by atoms with E-state index in [0.717, 1.165) is 18.4 Å². The summed E-state index contributed by atoms with van der Waals surface area (Å²) >= 11 is 0. The van der Waals surface area contributed by atoms with Crippen LogP contribution in [0, 0.1) is 5.92 Å². The first-order chi connectivity index (χ1) is 19.0. The van der Waals surface area contributed by atoms with Crippen LogP contribution in [0.1, 0.15) is 39.3 Å². The van der Waals surface area contributed by atoms with Crippen molar-refractivity contribution in [1.82, 2.24) is 20.5 Å². The van der Waals surface area contributed by atoms with Crippen LogP contribution in [0.5, 0.6) is 17.2 Å². The van der Waals surface area contributed by atoms with Crippen LogP contribution < -0.4 is 24.8 Å². The lowest BCUT2D eigenvalue weighted by molar-refractivity contribution is -0.123. The molecule has 202 valence electrons. The molecule has 1 aliphatic carbocycles. The molecule has 3 N–H and O–H groups in total. The fraction of sp³-hybridized carbons (Fsp3) is 0.345. The number of aromatic amines is 1. The van der Waals surface area contributed by atoms with E-state index >= 15 is 0 Å². The van der Waals surface area contributed by atoms with Gasteiger partial charge in [-0.2, -0.15) is 0 Å². The molecule has 1 aromatic heterocycles. The molecule has 4 heterocycles. The van der Waals surface area contributed by atoms with Crippen molar-refractivity contribution < 1.29 is 28.6 Å². The molecule has 4 aliphatic rings. The Morgan fingerprint density at radius 1 is 1.03 bits per heavy atom. The minimum atomic E-state index is -0.473. The lowest BCUT2D eigenvalue weighted by Crippen LogP contribution is -2.45. The second kappa shape index (κ2) is 10.7. The van der Waals surface area contributed by atoms with Crippen LogP contribution in [-0.2, 0) is 11.3 Å². The largest absolute Gasteiger partial charge is 0.493 e. The Hall–Kier alpha value is -4.47. The van der Waals surface area contributed by atoms with E-state index in [9.17, 15) is 14.4 Å². The van der Waals surface area contributed by atoms with Crippen LogP contribution in [-0.4, -0.2) is 66.1 Å². The maximum atomic E-state index is 13.5. The number of likely N-dealkylation sites (tertiary alicyclic amines) is 1. The van der Waals surface area contributed by atoms with Crippen LogP contribution in [0.4, 0.5) is 0 Å². The fourth-order valence-corrected chi connectivity index (χ4v) is 4.71. The highest BCUT2D eigenvalue weighted by Crippen LogP contribution is 2.31. The van der Waals surface area contributed by atoms with Crippen molar-refractivity contribution >= 4 is 17.7 Å². The summed E-state index contributed by atoms with van der Waals surface area (Å²) in [6, 6.07) is 15.4. The summed E-state index contributed by atoms with van der Waals surface area (Å²) in [5.74, 6) is 1.20. The molecule has 2 aromatic carbocycles. The monoisotopic (exact) mass is 530 g/mol. The Kier molecular flexibility index (Phi) is 6.83. The van der Waals surface area contributed by atoms with E-state index in [1.807, 2.05) is 24.3 Å². The van der Waals surface area contributed by atoms with Crippen molar-refractivity contribution in [2.75, 3.05) is 26.3 Å². The van der Waals surface area contributed by atoms with E-state index in [2.05, 4.69) is 15.6 Å². The van der Waals surface area contributed by atoms with Gasteiger partial charge in [-0.1, -0.05) is 12.1 Å². The molecule has 10 nitrogen and oxygen atoms in total. The van der Waals surface area contributed by atoms with Crippen molar-refractivity contribution in [1.29, 1.82) is 0 Å². The molecule has 0 radical (unpaired) electrons. The summed E-state index contributed by atoms with van der Waals surface area (Å²) < 4.78 is 18.0. The predicted molar refractivity (Wildman–Crippen MR) is 141 cm³/mol. The zero-order valence-electron chi connectivity index (χ0n) is 21.4. The predicted octanol–water partition coefficient (Wildman–Crippen LogP) is 2.51. The number of nitrogens with zero attached hydrogens (tertiary/aromatic N) is 1. The summed E-state index contributed by atoms with van der Waals surface area (Å²) in [6.45, 7) is 1.29. The van der Waals surface area contributed by atoms with Crippen molar-refractivity contribution in [2.45, 2.75) is 31.5 Å². The molecule has 3 aliphatic heterocycles. The number of carbonyl (C=O) groups excluding carboxylic acids is 3. The zero-order valence-corrected chi connectivity index (χ0v) is 21.4. The second-order valence-electron chi connectivity index (χ2n) is 10.2. The third kappa shape index (κ3) is 6.00. The summed E-state index contributed by atoms with van der Waals surface area (Å²) in [5.41, 5.74) is 1.71. The van der Waals surface area contributed by atoms with Gasteiger partial charge in [-0.25, -0.2) is 0 Å². The van der Waals surface area contributed by atoms with Crippen molar-refractivity contribution in [3.8, 4) is 17.2 Å². The smallest absolute Gasteiger partial charge is 0.270 e. The van der Waals surface area contributed by atoms with E-state index in [0.29, 0.717) is 54.1 Å². The molecular formula is C29H30N4O6. The summed E-state index contributed by atoms with van der Waals surface area (Å²) in [5, 5.41) is 5.90. The van der Waals surface area contributed by atoms with Gasteiger partial charge in [-0.15, -0.1) is 0 Å². The van der Waals surface area contributed by atoms with Crippen LogP contribution in [0.2, 0.25) is 0 Å². The molecular weight excluding hydrogens is 500 g/mol. The Morgan fingerprint density at radius 2 is 1.87 bits per heavy atom. The average molecular weight is 531 g/mol. The molecule has 3 amide bonds. The highest BCUT2D eigenvalue weighted by atomic mass is 16.5. The quantitative estimate of drug-likeness (QED) is 0.477. The Bertz CT molecular complexity index is 1350. The average Bonchev–Trinajstić information content (AvgIpc) is 3.45. The van der Waals surface area contributed by atoms with Gasteiger partial charge in [0.15, 0.2) is 6.61 Å². The number of aromatic nitrogens is 1. The molecule has 0 unspecified atom stereocenters. The first-order valence-electron chi connectivity index (χ1n) is 13.2. The summed E-state index contributed by atoms with van der Waals surface area (Å²) in [4.78, 5) is 43.6. The van der Waals surface area contributed by atoms with Crippen LogP contribution >= 0.6 is 0 Å². The van der Waals surface area contributed by atoms with Crippen molar-refractivity contribution in [3.63, 3.8) is 0 Å². The second-order valence-corrected chi connectivity index (χ2v) is 10.2. The van der Waals surface area contributed by atoms with Gasteiger partial charge >= 0.3 is 0 Å². The SMILES string of the molecule is O=C1COc2cc(OCC3CC3)cc(c2)C(=O)N[C@H]2CN(C(=O)c3ccc[nH]3)C[C@@H]2Oc2ccc(cc2)CN1. The normalized spacial score (nSPS) is 21.2. The van der Waals surface area contributed by atoms with E-state index < -0.39 is 12.1 Å². The van der Waals surface area contributed by atoms with Gasteiger partial charge in [0.05, 0.1) is 19.2 Å². The Balaban J connectivity index is 1.29. The number of nitrogens with one attached hydrogen (secondary N) is 3. The number of fused-ring (bicyclic) bond motifs is 7. The minimum absolute atomic E-state index is 0.162. The molecule has 7 rings (SSSR count). The lowest BCUT2D eigenvalue weighted by atomic mass is 10.1. The van der Waals surface area contributed by atoms with Crippen molar-refractivity contribution in [3.05, 3.63) is 77.6 Å². The maximum Gasteiger partial charge on any atom is 0.270 e. The topological polar surface area (TPSA) is 122 Å². The number of hydrogen-bond acceptors (Lipinski definition) is 6. The summed E-state index contributed by atoms with van der Waals surface area (Å²) in [6.07, 6.45) is 3.49. The van der Waals surface area contributed by atoms with Crippen molar-refractivity contribution in [2.24, 2.45) is 5.92 Å². The number of carbonyl (C=O) groups is 3. The van der Waals surface area contributed by atoms with Crippen LogP contribution in [0.3, 0.4) is 0 Å². The van der Waals surface area contributed by atoms with E-state index in [-0.39, 0.29) is 30.9 Å². The lowest BCUT2D eigenvalue weighted by Gasteiger charge is -2.21. The fourth-order valence-electron chi connectivity index (χ4n) is 4.71. The zero-order chi connectivity index (χ0) is 26.8. The van der Waals surface area contributed by atoms with Gasteiger partial charge in [0.25, 0.3) is 17.7 Å². The molecule has 2 atom stereocenters. The number of ether oxygens (including phenoxy) is 3. The summed E-state index contributed by atoms with van der Waals surface area (Å²) in [7, 11) is 0. The first kappa shape index (κ1) is 24.8. The number of rotatable bonds is 4. The standard InChI is InChI=1S/C29H30N4O6/c34-27-17-38-23-11-20(10-22(12-23)37-16-19-3-4-19)28(35)32-25-14-33(29(36)24-2-1-9-30-24)15-26(25)39-21-7-5-18(6-8-21)13-31-27/h1-2,5-12,19,25-26,30H,3-4,13-17H2,(H,31,34)(H,32,35)/t25-,26-/m0/s1. The molecule has 1 saturated heterocycles. The van der Waals surface area contributed by atoms with Gasteiger partial charge in [0.1, 0.15) is 29.0 Å². The highest BCUT2D eigenvalue weighted by Gasteiger charge is 2.38. The third-order valence-electron chi connectivity index (χ3n) is 7.09. The number of benzene rings is 2. The van der Waals surface area contributed by atoms with Gasteiger partial charge in [-0.3, -0.25) is 14.4 Å². The minimum Gasteiger partial charge on any atom is -0.493 e. The van der Waals surface area contributed by atoms with E-state index in [1.165, 1.54) is 0 Å². The van der Waals surface area contributed by atoms with Crippen LogP contribution in [0.15, 0.2) is 60.8 Å². The Labute approximate surface area is 225 Å². The molecule has 2 fully saturated rings. The first-order valence-corrected chi connectivity index (χ1v) is 13.2. The number of hydrogen-bond donors (Lipinski definition) is 3. The van der Waals surface area contributed by atoms with E-state index in [1.54, 1.807) is 41.4 Å². The molecule has 0 spiro atoms. The van der Waals surface area contributed by atoms with Gasteiger partial charge in [0.2, 0.25) is 0 Å². The van der Waals surface area contributed by atoms with Gasteiger partial charge in [0, 0.05) is 30.9 Å². The molecule has 10 heteroatoms. The van der Waals surface area contributed by atoms with Gasteiger partial charge < -0.3 is 34.7 Å². The number of H-pyrrole nitrogens is 1. The maximum absolute atomic E-state index is 13.5. The van der Waals surface area contributed by atoms with Crippen LogP contribution in [0.25, 0.3) is 0 Å². The third-order valence-corrected chi connectivity index (χ3v) is 7.09. The highest BCUT2D eigenvalue weighted by molar-refractivity contribution is 5.96. The molecule has 4 bridgehead atoms. The molecule has 39 heavy (non-hydrogen) atoms. The number of amides is 3. The molecule has 1 saturated carbocycles. The molecule has 3 aromatic rings. The Morgan fingerprint density at radius 3 is 2.64 bits per heavy atom. The van der Waals surface area contributed by atoms with E-state index in [4.69, 9.17) is 14.2 Å². The van der Waals surface area contributed by atoms with Gasteiger partial charge in [-0.05, 0) is 60.7 Å².